The zero-order valence-corrected chi connectivity index (χ0v) is 17.6. The third-order valence-electron chi connectivity index (χ3n) is 5.27. The molecule has 1 saturated heterocycles. The lowest BCUT2D eigenvalue weighted by Gasteiger charge is -2.30. The van der Waals surface area contributed by atoms with Crippen LogP contribution in [-0.4, -0.2) is 53.2 Å². The van der Waals surface area contributed by atoms with Gasteiger partial charge in [-0.25, -0.2) is 13.2 Å². The van der Waals surface area contributed by atoms with Gasteiger partial charge in [-0.05, 0) is 43.5 Å². The van der Waals surface area contributed by atoms with Crippen LogP contribution >= 0.6 is 0 Å². The molecule has 0 aliphatic carbocycles. The Balaban J connectivity index is 1.71. The molecule has 1 unspecified atom stereocenters. The number of hydrogen-bond donors (Lipinski definition) is 1. The minimum absolute atomic E-state index is 0.246. The van der Waals surface area contributed by atoms with Gasteiger partial charge in [0.15, 0.2) is 17.5 Å². The van der Waals surface area contributed by atoms with Crippen molar-refractivity contribution in [2.75, 3.05) is 25.0 Å². The average molecular weight is 447 g/mol. The first-order valence-electron chi connectivity index (χ1n) is 10.4. The van der Waals surface area contributed by atoms with Gasteiger partial charge in [0.2, 0.25) is 11.8 Å². The van der Waals surface area contributed by atoms with Gasteiger partial charge < -0.3 is 15.1 Å². The Hall–Kier alpha value is -3.36. The van der Waals surface area contributed by atoms with Crippen LogP contribution in [0, 0.1) is 17.5 Å². The highest BCUT2D eigenvalue weighted by Crippen LogP contribution is 2.23. The molecule has 32 heavy (non-hydrogen) atoms. The SMILES string of the molecule is CCCN(CC(=O)Nc1ccc(F)c(F)c1F)C(=O)C1CCCN1C(=O)c1ccccc1. The second kappa shape index (κ2) is 10.3. The van der Waals surface area contributed by atoms with Crippen molar-refractivity contribution < 1.29 is 27.6 Å². The summed E-state index contributed by atoms with van der Waals surface area (Å²) in [6.45, 7) is 2.09. The van der Waals surface area contributed by atoms with Gasteiger partial charge in [-0.1, -0.05) is 25.1 Å². The Bertz CT molecular complexity index is 1000. The molecule has 3 rings (SSSR count). The summed E-state index contributed by atoms with van der Waals surface area (Å²) in [5, 5.41) is 2.18. The van der Waals surface area contributed by atoms with Crippen LogP contribution in [0.4, 0.5) is 18.9 Å². The van der Waals surface area contributed by atoms with Gasteiger partial charge in [-0.3, -0.25) is 14.4 Å². The molecule has 0 radical (unpaired) electrons. The second-order valence-corrected chi connectivity index (χ2v) is 7.55. The summed E-state index contributed by atoms with van der Waals surface area (Å²) in [7, 11) is 0. The summed E-state index contributed by atoms with van der Waals surface area (Å²) >= 11 is 0. The van der Waals surface area contributed by atoms with E-state index in [2.05, 4.69) is 5.32 Å². The Morgan fingerprint density at radius 3 is 2.47 bits per heavy atom. The summed E-state index contributed by atoms with van der Waals surface area (Å²) in [6.07, 6.45) is 1.68. The van der Waals surface area contributed by atoms with E-state index in [0.717, 1.165) is 6.07 Å². The molecule has 0 aromatic heterocycles. The number of anilines is 1. The maximum Gasteiger partial charge on any atom is 0.254 e. The lowest BCUT2D eigenvalue weighted by molar-refractivity contribution is -0.138. The number of benzene rings is 2. The van der Waals surface area contributed by atoms with Crippen molar-refractivity contribution in [1.82, 2.24) is 9.80 Å². The number of hydrogen-bond acceptors (Lipinski definition) is 3. The van der Waals surface area contributed by atoms with Crippen LogP contribution in [-0.2, 0) is 9.59 Å². The van der Waals surface area contributed by atoms with Crippen molar-refractivity contribution in [3.05, 3.63) is 65.5 Å². The highest BCUT2D eigenvalue weighted by Gasteiger charge is 2.37. The highest BCUT2D eigenvalue weighted by atomic mass is 19.2. The second-order valence-electron chi connectivity index (χ2n) is 7.55. The van der Waals surface area contributed by atoms with Gasteiger partial charge in [0.1, 0.15) is 6.04 Å². The fraction of sp³-hybridized carbons (Fsp3) is 0.348. The first-order chi connectivity index (χ1) is 15.3. The molecule has 2 aromatic carbocycles. The smallest absolute Gasteiger partial charge is 0.254 e. The molecule has 1 N–H and O–H groups in total. The van der Waals surface area contributed by atoms with Crippen molar-refractivity contribution >= 4 is 23.4 Å². The zero-order valence-electron chi connectivity index (χ0n) is 17.6. The van der Waals surface area contributed by atoms with E-state index in [4.69, 9.17) is 0 Å². The van der Waals surface area contributed by atoms with E-state index >= 15 is 0 Å². The van der Waals surface area contributed by atoms with Crippen molar-refractivity contribution in [2.45, 2.75) is 32.2 Å². The van der Waals surface area contributed by atoms with Gasteiger partial charge in [0.05, 0.1) is 12.2 Å². The normalized spacial score (nSPS) is 15.5. The van der Waals surface area contributed by atoms with Crippen LogP contribution < -0.4 is 5.32 Å². The summed E-state index contributed by atoms with van der Waals surface area (Å²) in [5.74, 6) is -5.96. The van der Waals surface area contributed by atoms with E-state index in [1.807, 2.05) is 6.92 Å². The minimum atomic E-state index is -1.69. The van der Waals surface area contributed by atoms with Crippen LogP contribution in [0.2, 0.25) is 0 Å². The van der Waals surface area contributed by atoms with Crippen LogP contribution in [0.1, 0.15) is 36.5 Å². The topological polar surface area (TPSA) is 69.7 Å². The summed E-state index contributed by atoms with van der Waals surface area (Å²) in [5.41, 5.74) is -0.0414. The van der Waals surface area contributed by atoms with E-state index < -0.39 is 41.6 Å². The Kier molecular flexibility index (Phi) is 7.50. The first-order valence-corrected chi connectivity index (χ1v) is 10.4. The molecule has 1 aliphatic rings. The number of halogens is 3. The van der Waals surface area contributed by atoms with E-state index in [1.54, 1.807) is 30.3 Å². The minimum Gasteiger partial charge on any atom is -0.332 e. The molecule has 0 saturated carbocycles. The maximum atomic E-state index is 13.9. The van der Waals surface area contributed by atoms with E-state index in [1.165, 1.54) is 9.80 Å². The number of amides is 3. The highest BCUT2D eigenvalue weighted by molar-refractivity contribution is 5.99. The Morgan fingerprint density at radius 1 is 1.06 bits per heavy atom. The number of nitrogens with one attached hydrogen (secondary N) is 1. The predicted molar refractivity (Wildman–Crippen MR) is 112 cm³/mol. The number of carbonyl (C=O) groups excluding carboxylic acids is 3. The van der Waals surface area contributed by atoms with Gasteiger partial charge in [0, 0.05) is 18.7 Å². The van der Waals surface area contributed by atoms with Crippen molar-refractivity contribution in [1.29, 1.82) is 0 Å². The number of carbonyl (C=O) groups is 3. The molecule has 0 bridgehead atoms. The van der Waals surface area contributed by atoms with E-state index in [9.17, 15) is 27.6 Å². The predicted octanol–water partition coefficient (Wildman–Crippen LogP) is 3.59. The molecular formula is C23H24F3N3O3. The standard InChI is InChI=1S/C23H24F3N3O3/c1-2-12-28(14-19(30)27-17-11-10-16(24)20(25)21(17)26)23(32)18-9-6-13-29(18)22(31)15-7-4-3-5-8-15/h3-5,7-8,10-11,18H,2,6,9,12-14H2,1H3,(H,27,30). The van der Waals surface area contributed by atoms with E-state index in [0.29, 0.717) is 37.4 Å². The number of rotatable bonds is 7. The zero-order chi connectivity index (χ0) is 23.3. The Labute approximate surface area is 184 Å². The number of likely N-dealkylation sites (tertiary alicyclic amines) is 1. The summed E-state index contributed by atoms with van der Waals surface area (Å²) in [6, 6.07) is 9.54. The third-order valence-corrected chi connectivity index (χ3v) is 5.27. The fourth-order valence-corrected chi connectivity index (χ4v) is 3.75. The third kappa shape index (κ3) is 5.09. The molecule has 1 heterocycles. The molecule has 3 amide bonds. The number of nitrogens with zero attached hydrogens (tertiary/aromatic N) is 2. The first kappa shape index (κ1) is 23.3. The van der Waals surface area contributed by atoms with Gasteiger partial charge in [-0.2, -0.15) is 0 Å². The molecular weight excluding hydrogens is 423 g/mol. The monoisotopic (exact) mass is 447 g/mol. The van der Waals surface area contributed by atoms with Crippen LogP contribution in [0.5, 0.6) is 0 Å². The summed E-state index contributed by atoms with van der Waals surface area (Å²) < 4.78 is 40.4. The maximum absolute atomic E-state index is 13.9. The quantitative estimate of drug-likeness (QED) is 0.660. The molecule has 1 aliphatic heterocycles. The molecule has 1 fully saturated rings. The van der Waals surface area contributed by atoms with Crippen molar-refractivity contribution in [2.24, 2.45) is 0 Å². The average Bonchev–Trinajstić information content (AvgIpc) is 3.28. The van der Waals surface area contributed by atoms with Crippen molar-refractivity contribution in [3.63, 3.8) is 0 Å². The molecule has 6 nitrogen and oxygen atoms in total. The molecule has 0 spiro atoms. The Morgan fingerprint density at radius 2 is 1.78 bits per heavy atom. The largest absolute Gasteiger partial charge is 0.332 e. The lowest BCUT2D eigenvalue weighted by atomic mass is 10.1. The molecule has 170 valence electrons. The van der Waals surface area contributed by atoms with Crippen LogP contribution in [0.25, 0.3) is 0 Å². The van der Waals surface area contributed by atoms with Crippen molar-refractivity contribution in [3.8, 4) is 0 Å². The van der Waals surface area contributed by atoms with Crippen LogP contribution in [0.3, 0.4) is 0 Å². The molecule has 9 heteroatoms. The van der Waals surface area contributed by atoms with E-state index in [-0.39, 0.29) is 18.4 Å². The summed E-state index contributed by atoms with van der Waals surface area (Å²) in [4.78, 5) is 41.3. The molecule has 1 atom stereocenters. The van der Waals surface area contributed by atoms with Gasteiger partial charge >= 0.3 is 0 Å². The lowest BCUT2D eigenvalue weighted by Crippen LogP contribution is -2.50. The molecule has 2 aromatic rings. The van der Waals surface area contributed by atoms with Gasteiger partial charge in [0.25, 0.3) is 5.91 Å². The van der Waals surface area contributed by atoms with Crippen LogP contribution in [0.15, 0.2) is 42.5 Å². The van der Waals surface area contributed by atoms with Gasteiger partial charge in [-0.15, -0.1) is 0 Å². The fourth-order valence-electron chi connectivity index (χ4n) is 3.75.